The van der Waals surface area contributed by atoms with E-state index in [0.717, 1.165) is 28.1 Å². The average molecular weight is 546 g/mol. The Kier molecular flexibility index (Phi) is 7.40. The van der Waals surface area contributed by atoms with Crippen molar-refractivity contribution >= 4 is 40.7 Å². The third kappa shape index (κ3) is 5.26. The molecule has 0 saturated carbocycles. The number of benzene rings is 1. The van der Waals surface area contributed by atoms with Gasteiger partial charge in [0.25, 0.3) is 0 Å². The molecule has 7 nitrogen and oxygen atoms in total. The van der Waals surface area contributed by atoms with Gasteiger partial charge in [-0.2, -0.15) is 5.10 Å². The zero-order valence-electron chi connectivity index (χ0n) is 22.0. The minimum atomic E-state index is -0.282. The summed E-state index contributed by atoms with van der Waals surface area (Å²) >= 11 is 3.28. The van der Waals surface area contributed by atoms with Crippen molar-refractivity contribution in [3.8, 4) is 5.69 Å². The van der Waals surface area contributed by atoms with Gasteiger partial charge in [0.2, 0.25) is 11.8 Å². The lowest BCUT2D eigenvalue weighted by atomic mass is 9.88. The molecule has 9 heteroatoms. The number of pyridine rings is 1. The lowest BCUT2D eigenvalue weighted by molar-refractivity contribution is -0.123. The first-order chi connectivity index (χ1) is 18.2. The number of amides is 2. The molecule has 0 bridgehead atoms. The lowest BCUT2D eigenvalue weighted by Crippen LogP contribution is -2.42. The van der Waals surface area contributed by atoms with Crippen LogP contribution in [0.15, 0.2) is 66.3 Å². The van der Waals surface area contributed by atoms with Crippen molar-refractivity contribution < 1.29 is 9.59 Å². The molecule has 1 aromatic carbocycles. The van der Waals surface area contributed by atoms with Crippen molar-refractivity contribution in [2.24, 2.45) is 0 Å². The average Bonchev–Trinajstić information content (AvgIpc) is 3.54. The van der Waals surface area contributed by atoms with Crippen LogP contribution in [-0.2, 0) is 21.5 Å². The Labute approximate surface area is 231 Å². The highest BCUT2D eigenvalue weighted by Crippen LogP contribution is 2.49. The molecule has 4 aromatic rings. The Morgan fingerprint density at radius 2 is 1.95 bits per heavy atom. The fraction of sp³-hybridized carbons (Fsp3) is 0.310. The number of thiophene rings is 1. The van der Waals surface area contributed by atoms with Crippen LogP contribution < -0.4 is 10.2 Å². The number of carbonyl (C=O) groups excluding carboxylic acids is 2. The van der Waals surface area contributed by atoms with E-state index >= 15 is 0 Å². The standard InChI is InChI=1S/C29H31N5O2S2/c1-19-9-5-6-11-21(19)34-28-25(27(32-34)29(2,3)4)26(22-12-8-14-37-22)38-18-24(36)33(28)17-23(35)31-16-20-10-7-13-30-15-20/h5-15,26H,16-18H2,1-4H3,(H,31,35)/t26-/m0/s1. The SMILES string of the molecule is Cc1ccccc1-n1nc(C(C)(C)C)c2c1N(CC(=O)NCc1cccnc1)C(=O)CS[C@H]2c1cccs1. The van der Waals surface area contributed by atoms with Gasteiger partial charge < -0.3 is 5.32 Å². The lowest BCUT2D eigenvalue weighted by Gasteiger charge is -2.24. The van der Waals surface area contributed by atoms with Gasteiger partial charge in [0.1, 0.15) is 12.4 Å². The van der Waals surface area contributed by atoms with Gasteiger partial charge >= 0.3 is 0 Å². The van der Waals surface area contributed by atoms with Crippen LogP contribution >= 0.6 is 23.1 Å². The first kappa shape index (κ1) is 26.2. The smallest absolute Gasteiger partial charge is 0.240 e. The largest absolute Gasteiger partial charge is 0.350 e. The number of nitrogens with zero attached hydrogens (tertiary/aromatic N) is 4. The number of para-hydroxylation sites is 1. The Bertz CT molecular complexity index is 1440. The summed E-state index contributed by atoms with van der Waals surface area (Å²) in [6, 6.07) is 15.9. The van der Waals surface area contributed by atoms with Crippen LogP contribution in [0.1, 0.15) is 53.3 Å². The number of fused-ring (bicyclic) bond motifs is 1. The van der Waals surface area contributed by atoms with E-state index in [1.807, 2.05) is 54.1 Å². The van der Waals surface area contributed by atoms with Crippen LogP contribution in [0, 0.1) is 6.92 Å². The van der Waals surface area contributed by atoms with Gasteiger partial charge in [-0.1, -0.05) is 51.1 Å². The molecule has 1 aliphatic rings. The second kappa shape index (κ2) is 10.7. The molecule has 4 heterocycles. The molecule has 0 radical (unpaired) electrons. The van der Waals surface area contributed by atoms with Crippen LogP contribution in [0.25, 0.3) is 5.69 Å². The zero-order valence-corrected chi connectivity index (χ0v) is 23.6. The van der Waals surface area contributed by atoms with Crippen molar-refractivity contribution in [2.75, 3.05) is 17.2 Å². The number of carbonyl (C=O) groups is 2. The van der Waals surface area contributed by atoms with E-state index in [2.05, 4.69) is 42.5 Å². The van der Waals surface area contributed by atoms with E-state index in [-0.39, 0.29) is 34.8 Å². The molecule has 38 heavy (non-hydrogen) atoms. The van der Waals surface area contributed by atoms with Crippen LogP contribution in [-0.4, -0.2) is 38.9 Å². The maximum absolute atomic E-state index is 13.7. The second-order valence-corrected chi connectivity index (χ2v) is 12.4. The van der Waals surface area contributed by atoms with Gasteiger partial charge in [-0.25, -0.2) is 4.68 Å². The second-order valence-electron chi connectivity index (χ2n) is 10.4. The van der Waals surface area contributed by atoms with Crippen LogP contribution in [0.3, 0.4) is 0 Å². The Morgan fingerprint density at radius 3 is 2.63 bits per heavy atom. The topological polar surface area (TPSA) is 80.1 Å². The molecule has 1 aliphatic heterocycles. The predicted molar refractivity (Wildman–Crippen MR) is 154 cm³/mol. The van der Waals surface area contributed by atoms with Crippen molar-refractivity contribution in [2.45, 2.75) is 44.9 Å². The number of aryl methyl sites for hydroxylation is 1. The highest BCUT2D eigenvalue weighted by Gasteiger charge is 2.40. The molecular formula is C29H31N5O2S2. The highest BCUT2D eigenvalue weighted by atomic mass is 32.2. The minimum Gasteiger partial charge on any atom is -0.350 e. The van der Waals surface area contributed by atoms with E-state index in [9.17, 15) is 9.59 Å². The van der Waals surface area contributed by atoms with Crippen molar-refractivity contribution in [3.05, 3.63) is 93.6 Å². The van der Waals surface area contributed by atoms with Gasteiger partial charge in [-0.3, -0.25) is 19.5 Å². The first-order valence-electron chi connectivity index (χ1n) is 12.5. The van der Waals surface area contributed by atoms with E-state index in [0.29, 0.717) is 12.4 Å². The summed E-state index contributed by atoms with van der Waals surface area (Å²) in [5.41, 5.74) is 4.48. The molecule has 0 unspecified atom stereocenters. The quantitative estimate of drug-likeness (QED) is 0.350. The highest BCUT2D eigenvalue weighted by molar-refractivity contribution is 8.00. The number of anilines is 1. The maximum Gasteiger partial charge on any atom is 0.240 e. The van der Waals surface area contributed by atoms with E-state index < -0.39 is 0 Å². The van der Waals surface area contributed by atoms with Gasteiger partial charge in [0.05, 0.1) is 22.4 Å². The molecule has 0 aliphatic carbocycles. The van der Waals surface area contributed by atoms with Gasteiger partial charge in [0, 0.05) is 34.8 Å². The Balaban J connectivity index is 1.64. The number of aromatic nitrogens is 3. The summed E-state index contributed by atoms with van der Waals surface area (Å²) < 4.78 is 1.88. The number of hydrogen-bond donors (Lipinski definition) is 1. The van der Waals surface area contributed by atoms with Crippen molar-refractivity contribution in [1.82, 2.24) is 20.1 Å². The molecule has 0 saturated heterocycles. The summed E-state index contributed by atoms with van der Waals surface area (Å²) in [6.45, 7) is 8.72. The predicted octanol–water partition coefficient (Wildman–Crippen LogP) is 5.42. The molecule has 2 amide bonds. The maximum atomic E-state index is 13.7. The molecule has 0 fully saturated rings. The fourth-order valence-corrected chi connectivity index (χ4v) is 6.79. The molecule has 1 N–H and O–H groups in total. The fourth-order valence-electron chi connectivity index (χ4n) is 4.61. The number of hydrogen-bond acceptors (Lipinski definition) is 6. The van der Waals surface area contributed by atoms with Gasteiger partial charge in [-0.05, 0) is 41.6 Å². The van der Waals surface area contributed by atoms with Crippen molar-refractivity contribution in [3.63, 3.8) is 0 Å². The van der Waals surface area contributed by atoms with Crippen LogP contribution in [0.2, 0.25) is 0 Å². The molecule has 3 aromatic heterocycles. The van der Waals surface area contributed by atoms with E-state index in [1.54, 1.807) is 40.4 Å². The van der Waals surface area contributed by atoms with Crippen LogP contribution in [0.4, 0.5) is 5.82 Å². The molecule has 196 valence electrons. The minimum absolute atomic E-state index is 0.0654. The Hall–Kier alpha value is -3.43. The summed E-state index contributed by atoms with van der Waals surface area (Å²) in [5.74, 6) is 0.601. The number of rotatable bonds is 6. The molecule has 5 rings (SSSR count). The van der Waals surface area contributed by atoms with Crippen LogP contribution in [0.5, 0.6) is 0 Å². The zero-order chi connectivity index (χ0) is 26.9. The monoisotopic (exact) mass is 545 g/mol. The summed E-state index contributed by atoms with van der Waals surface area (Å²) in [7, 11) is 0. The van der Waals surface area contributed by atoms with E-state index in [1.165, 1.54) is 4.88 Å². The Morgan fingerprint density at radius 1 is 1.13 bits per heavy atom. The summed E-state index contributed by atoms with van der Waals surface area (Å²) in [6.07, 6.45) is 3.42. The molecule has 0 spiro atoms. The third-order valence-electron chi connectivity index (χ3n) is 6.46. The normalized spacial score (nSPS) is 15.7. The van der Waals surface area contributed by atoms with Gasteiger partial charge in [0.15, 0.2) is 0 Å². The number of nitrogens with one attached hydrogen (secondary N) is 1. The molecular weight excluding hydrogens is 514 g/mol. The third-order valence-corrected chi connectivity index (χ3v) is 8.78. The number of thioether (sulfide) groups is 1. The molecule has 1 atom stereocenters. The van der Waals surface area contributed by atoms with Gasteiger partial charge in [-0.15, -0.1) is 23.1 Å². The van der Waals surface area contributed by atoms with Crippen molar-refractivity contribution in [1.29, 1.82) is 0 Å². The van der Waals surface area contributed by atoms with E-state index in [4.69, 9.17) is 5.10 Å². The summed E-state index contributed by atoms with van der Waals surface area (Å²) in [4.78, 5) is 33.8. The first-order valence-corrected chi connectivity index (χ1v) is 14.5. The summed E-state index contributed by atoms with van der Waals surface area (Å²) in [5, 5.41) is 10.1.